The molecule has 0 aromatic heterocycles. The topological polar surface area (TPSA) is 61.8 Å². The summed E-state index contributed by atoms with van der Waals surface area (Å²) < 4.78 is 24.1. The van der Waals surface area contributed by atoms with Crippen molar-refractivity contribution in [3.63, 3.8) is 0 Å². The fourth-order valence-corrected chi connectivity index (χ4v) is 3.31. The van der Waals surface area contributed by atoms with Crippen molar-refractivity contribution in [1.82, 2.24) is 10.2 Å². The first-order valence-corrected chi connectivity index (χ1v) is 11.0. The number of aliphatic imine (C=N–C) groups is 1. The van der Waals surface area contributed by atoms with Gasteiger partial charge in [-0.2, -0.15) is 0 Å². The highest BCUT2D eigenvalue weighted by atomic mass is 127. The number of nitrogens with zero attached hydrogens (tertiary/aromatic N) is 2. The van der Waals surface area contributed by atoms with Crippen LogP contribution in [0.2, 0.25) is 0 Å². The Morgan fingerprint density at radius 1 is 1.07 bits per heavy atom. The van der Waals surface area contributed by atoms with Gasteiger partial charge in [-0.05, 0) is 42.3 Å². The predicted molar refractivity (Wildman–Crippen MR) is 125 cm³/mol. The van der Waals surface area contributed by atoms with E-state index in [1.165, 1.54) is 11.8 Å². The third kappa shape index (κ3) is 7.79. The van der Waals surface area contributed by atoms with E-state index in [4.69, 9.17) is 0 Å². The van der Waals surface area contributed by atoms with Crippen molar-refractivity contribution in [3.8, 4) is 0 Å². The van der Waals surface area contributed by atoms with Crippen molar-refractivity contribution >= 4 is 55.7 Å². The summed E-state index contributed by atoms with van der Waals surface area (Å²) in [5, 5.41) is 3.29. The van der Waals surface area contributed by atoms with Crippen molar-refractivity contribution in [1.29, 1.82) is 0 Å². The van der Waals surface area contributed by atoms with Crippen molar-refractivity contribution < 1.29 is 8.42 Å². The van der Waals surface area contributed by atoms with Gasteiger partial charge in [0.25, 0.3) is 0 Å². The molecule has 5 nitrogen and oxygen atoms in total. The van der Waals surface area contributed by atoms with E-state index in [-0.39, 0.29) is 24.0 Å². The first kappa shape index (κ1) is 23.9. The number of guanidine groups is 1. The molecule has 2 aromatic carbocycles. The van der Waals surface area contributed by atoms with E-state index in [0.29, 0.717) is 11.4 Å². The van der Waals surface area contributed by atoms with Crippen molar-refractivity contribution in [2.24, 2.45) is 4.99 Å². The van der Waals surface area contributed by atoms with Gasteiger partial charge >= 0.3 is 0 Å². The molecular weight excluding hydrogens is 541 g/mol. The van der Waals surface area contributed by atoms with Gasteiger partial charge in [-0.3, -0.25) is 0 Å². The van der Waals surface area contributed by atoms with Gasteiger partial charge in [0.05, 0.1) is 11.4 Å². The molecule has 148 valence electrons. The van der Waals surface area contributed by atoms with Crippen LogP contribution < -0.4 is 5.32 Å². The van der Waals surface area contributed by atoms with Gasteiger partial charge in [-0.1, -0.05) is 40.2 Å². The van der Waals surface area contributed by atoms with Crippen LogP contribution in [0.4, 0.5) is 0 Å². The number of halogens is 2. The van der Waals surface area contributed by atoms with E-state index in [1.54, 1.807) is 24.3 Å². The number of nitrogens with one attached hydrogen (secondary N) is 1. The minimum Gasteiger partial charge on any atom is -0.357 e. The highest BCUT2D eigenvalue weighted by molar-refractivity contribution is 14.0. The van der Waals surface area contributed by atoms with E-state index in [0.717, 1.165) is 29.1 Å². The summed E-state index contributed by atoms with van der Waals surface area (Å²) in [7, 11) is -1.17. The molecule has 0 aliphatic rings. The Balaban J connectivity index is 0.00000364. The molecule has 0 atom stereocenters. The second-order valence-electron chi connectivity index (χ2n) is 6.07. The zero-order valence-electron chi connectivity index (χ0n) is 15.6. The molecule has 0 aliphatic carbocycles. The Kier molecular flexibility index (Phi) is 9.75. The van der Waals surface area contributed by atoms with Gasteiger partial charge in [-0.25, -0.2) is 13.4 Å². The lowest BCUT2D eigenvalue weighted by Gasteiger charge is -2.22. The highest BCUT2D eigenvalue weighted by Gasteiger charge is 2.08. The normalized spacial score (nSPS) is 11.6. The maximum absolute atomic E-state index is 11.5. The first-order chi connectivity index (χ1) is 12.3. The quantitative estimate of drug-likeness (QED) is 0.326. The summed E-state index contributed by atoms with van der Waals surface area (Å²) in [6.07, 6.45) is 1.21. The Bertz CT molecular complexity index is 854. The summed E-state index contributed by atoms with van der Waals surface area (Å²) in [4.78, 5) is 7.05. The van der Waals surface area contributed by atoms with Gasteiger partial charge in [-0.15, -0.1) is 24.0 Å². The third-order valence-electron chi connectivity index (χ3n) is 3.79. The molecule has 2 aromatic rings. The van der Waals surface area contributed by atoms with E-state index in [2.05, 4.69) is 43.3 Å². The Labute approximate surface area is 187 Å². The molecule has 0 radical (unpaired) electrons. The zero-order chi connectivity index (χ0) is 19.2. The monoisotopic (exact) mass is 565 g/mol. The van der Waals surface area contributed by atoms with E-state index in [1.807, 2.05) is 26.1 Å². The molecule has 0 saturated carbocycles. The fourth-order valence-electron chi connectivity index (χ4n) is 2.42. The predicted octanol–water partition coefficient (Wildman–Crippen LogP) is 4.07. The summed E-state index contributed by atoms with van der Waals surface area (Å²) in [5.41, 5.74) is 2.16. The summed E-state index contributed by atoms with van der Waals surface area (Å²) in [6.45, 7) is 4.03. The average Bonchev–Trinajstić information content (AvgIpc) is 2.60. The molecule has 0 saturated heterocycles. The number of hydrogen-bond acceptors (Lipinski definition) is 3. The molecule has 2 rings (SSSR count). The van der Waals surface area contributed by atoms with Crippen molar-refractivity contribution in [2.75, 3.05) is 19.8 Å². The average molecular weight is 566 g/mol. The molecule has 0 bridgehead atoms. The molecule has 0 unspecified atom stereocenters. The lowest BCUT2D eigenvalue weighted by atomic mass is 10.2. The maximum atomic E-state index is 11.5. The largest absolute Gasteiger partial charge is 0.357 e. The van der Waals surface area contributed by atoms with E-state index >= 15 is 0 Å². The van der Waals surface area contributed by atoms with Gasteiger partial charge in [0.1, 0.15) is 0 Å². The van der Waals surface area contributed by atoms with Gasteiger partial charge < -0.3 is 10.2 Å². The van der Waals surface area contributed by atoms with Gasteiger partial charge in [0, 0.05) is 30.9 Å². The summed E-state index contributed by atoms with van der Waals surface area (Å²) in [5.74, 6) is 0.808. The van der Waals surface area contributed by atoms with Crippen LogP contribution in [0.25, 0.3) is 0 Å². The van der Waals surface area contributed by atoms with Crippen LogP contribution in [-0.2, 0) is 22.9 Å². The van der Waals surface area contributed by atoms with Crippen LogP contribution in [0.3, 0.4) is 0 Å². The zero-order valence-corrected chi connectivity index (χ0v) is 20.4. The molecule has 27 heavy (non-hydrogen) atoms. The fraction of sp³-hybridized carbons (Fsp3) is 0.316. The number of sulfone groups is 1. The summed E-state index contributed by atoms with van der Waals surface area (Å²) in [6, 6.07) is 15.1. The lowest BCUT2D eigenvalue weighted by molar-refractivity contribution is 0.477. The minimum atomic E-state index is -3.17. The standard InChI is InChI=1S/C19H24BrN3O2S.HI/c1-4-21-19(23(2)14-16-5-9-17(20)10-6-16)22-13-15-7-11-18(12-8-15)26(3,24)25;/h5-12H,4,13-14H2,1-3H3,(H,21,22);1H. The molecule has 8 heteroatoms. The number of hydrogen-bond donors (Lipinski definition) is 1. The Hall–Kier alpha value is -1.13. The Morgan fingerprint density at radius 3 is 2.15 bits per heavy atom. The summed E-state index contributed by atoms with van der Waals surface area (Å²) >= 11 is 3.45. The van der Waals surface area contributed by atoms with Crippen LogP contribution in [0.5, 0.6) is 0 Å². The molecule has 0 heterocycles. The number of benzene rings is 2. The van der Waals surface area contributed by atoms with E-state index < -0.39 is 9.84 Å². The van der Waals surface area contributed by atoms with Crippen LogP contribution in [-0.4, -0.2) is 39.1 Å². The second kappa shape index (κ2) is 11.0. The molecule has 0 spiro atoms. The van der Waals surface area contributed by atoms with Crippen LogP contribution >= 0.6 is 39.9 Å². The van der Waals surface area contributed by atoms with Crippen LogP contribution in [0.1, 0.15) is 18.1 Å². The van der Waals surface area contributed by atoms with Gasteiger partial charge in [0.2, 0.25) is 0 Å². The molecule has 1 N–H and O–H groups in total. The molecular formula is C19H25BrIN3O2S. The SMILES string of the molecule is CCNC(=NCc1ccc(S(C)(=O)=O)cc1)N(C)Cc1ccc(Br)cc1.I. The molecule has 0 amide bonds. The third-order valence-corrected chi connectivity index (χ3v) is 5.45. The van der Waals surface area contributed by atoms with Crippen LogP contribution in [0.15, 0.2) is 62.9 Å². The van der Waals surface area contributed by atoms with Crippen molar-refractivity contribution in [3.05, 3.63) is 64.1 Å². The Morgan fingerprint density at radius 2 is 1.63 bits per heavy atom. The van der Waals surface area contributed by atoms with Crippen molar-refractivity contribution in [2.45, 2.75) is 24.9 Å². The highest BCUT2D eigenvalue weighted by Crippen LogP contribution is 2.13. The lowest BCUT2D eigenvalue weighted by Crippen LogP contribution is -2.38. The number of rotatable bonds is 6. The second-order valence-corrected chi connectivity index (χ2v) is 9.00. The molecule has 0 fully saturated rings. The van der Waals surface area contributed by atoms with E-state index in [9.17, 15) is 8.42 Å². The first-order valence-electron chi connectivity index (χ1n) is 8.32. The molecule has 0 aliphatic heterocycles. The minimum absolute atomic E-state index is 0. The van der Waals surface area contributed by atoms with Gasteiger partial charge in [0.15, 0.2) is 15.8 Å². The smallest absolute Gasteiger partial charge is 0.194 e. The maximum Gasteiger partial charge on any atom is 0.194 e. The van der Waals surface area contributed by atoms with Crippen LogP contribution in [0, 0.1) is 0 Å².